The lowest BCUT2D eigenvalue weighted by Gasteiger charge is -2.30. The molecule has 1 unspecified atom stereocenters. The summed E-state index contributed by atoms with van der Waals surface area (Å²) < 4.78 is 35.7. The van der Waals surface area contributed by atoms with Crippen LogP contribution in [0.2, 0.25) is 5.02 Å². The molecule has 1 heterocycles. The van der Waals surface area contributed by atoms with Crippen LogP contribution in [0.3, 0.4) is 0 Å². The van der Waals surface area contributed by atoms with Crippen LogP contribution in [-0.4, -0.2) is 24.8 Å². The van der Waals surface area contributed by atoms with Crippen LogP contribution in [0.4, 0.5) is 0 Å². The molecule has 1 atom stereocenters. The van der Waals surface area contributed by atoms with Crippen molar-refractivity contribution in [3.8, 4) is 0 Å². The Morgan fingerprint density at radius 2 is 1.79 bits per heavy atom. The minimum Gasteiger partial charge on any atom is -0.463 e. The van der Waals surface area contributed by atoms with E-state index in [1.165, 1.54) is 6.08 Å². The molecule has 0 amide bonds. The first-order valence-corrected chi connectivity index (χ1v) is 11.5. The molecule has 0 spiro atoms. The van der Waals surface area contributed by atoms with Gasteiger partial charge in [0.05, 0.1) is 24.9 Å². The number of hydrogen-bond acceptors (Lipinski definition) is 6. The highest BCUT2D eigenvalue weighted by atomic mass is 35.5. The molecular weight excluding hydrogens is 415 g/mol. The summed E-state index contributed by atoms with van der Waals surface area (Å²) in [5.41, 5.74) is 1.01. The summed E-state index contributed by atoms with van der Waals surface area (Å²) in [5.74, 6) is -0.389. The molecule has 0 bridgehead atoms. The Balaban J connectivity index is 2.48. The fraction of sp³-hybridized carbons (Fsp3) is 0.476. The van der Waals surface area contributed by atoms with E-state index >= 15 is 0 Å². The smallest absolute Gasteiger partial charge is 0.396 e. The Bertz CT molecular complexity index is 799. The van der Waals surface area contributed by atoms with Crippen LogP contribution in [0.15, 0.2) is 47.7 Å². The predicted octanol–water partition coefficient (Wildman–Crippen LogP) is 6.18. The maximum atomic E-state index is 13.6. The Morgan fingerprint density at radius 1 is 1.21 bits per heavy atom. The van der Waals surface area contributed by atoms with E-state index in [0.29, 0.717) is 17.2 Å². The minimum atomic E-state index is -3.75. The maximum absolute atomic E-state index is 13.6. The van der Waals surface area contributed by atoms with Crippen LogP contribution < -0.4 is 0 Å². The monoisotopic (exact) mass is 442 g/mol. The van der Waals surface area contributed by atoms with Gasteiger partial charge in [0, 0.05) is 17.4 Å². The molecule has 1 aromatic rings. The highest BCUT2D eigenvalue weighted by Crippen LogP contribution is 2.61. The molecule has 29 heavy (non-hydrogen) atoms. The maximum Gasteiger partial charge on any atom is 0.396 e. The molecule has 0 saturated carbocycles. The summed E-state index contributed by atoms with van der Waals surface area (Å²) in [6.45, 7) is 9.05. The Hall–Kier alpha value is -1.59. The number of hydrogen-bond donors (Lipinski definition) is 0. The Kier molecular flexibility index (Phi) is 8.53. The average molecular weight is 443 g/mol. The van der Waals surface area contributed by atoms with Crippen molar-refractivity contribution in [3.63, 3.8) is 0 Å². The second-order valence-electron chi connectivity index (χ2n) is 7.14. The van der Waals surface area contributed by atoms with Crippen LogP contribution in [0.25, 0.3) is 0 Å². The number of benzene rings is 1. The molecule has 0 saturated heterocycles. The molecule has 1 aromatic carbocycles. The van der Waals surface area contributed by atoms with E-state index in [9.17, 15) is 9.36 Å². The average Bonchev–Trinajstić information content (AvgIpc) is 2.60. The van der Waals surface area contributed by atoms with Crippen molar-refractivity contribution in [1.82, 2.24) is 0 Å². The van der Waals surface area contributed by atoms with Crippen molar-refractivity contribution < 1.29 is 27.9 Å². The van der Waals surface area contributed by atoms with Gasteiger partial charge >= 0.3 is 13.6 Å². The SMILES string of the molecule is CCOC(=O)/C=C1\CC(c2ccc(Cl)cc2)C=C(P(=O)(OC(C)C)OC(C)C)O1. The van der Waals surface area contributed by atoms with E-state index < -0.39 is 13.6 Å². The number of rotatable bonds is 8. The normalized spacial score (nSPS) is 18.7. The van der Waals surface area contributed by atoms with E-state index in [0.717, 1.165) is 5.56 Å². The van der Waals surface area contributed by atoms with E-state index in [1.807, 2.05) is 12.1 Å². The highest BCUT2D eigenvalue weighted by Gasteiger charge is 2.39. The molecule has 6 nitrogen and oxygen atoms in total. The van der Waals surface area contributed by atoms with E-state index in [2.05, 4.69) is 0 Å². The van der Waals surface area contributed by atoms with E-state index in [4.69, 9.17) is 30.1 Å². The van der Waals surface area contributed by atoms with Gasteiger partial charge in [-0.1, -0.05) is 23.7 Å². The lowest BCUT2D eigenvalue weighted by atomic mass is 9.93. The molecule has 2 rings (SSSR count). The first-order chi connectivity index (χ1) is 13.6. The summed E-state index contributed by atoms with van der Waals surface area (Å²) in [6.07, 6.45) is 2.70. The Labute approximate surface area is 177 Å². The Morgan fingerprint density at radius 3 is 2.31 bits per heavy atom. The van der Waals surface area contributed by atoms with Crippen molar-refractivity contribution in [1.29, 1.82) is 0 Å². The van der Waals surface area contributed by atoms with Crippen LogP contribution in [0.1, 0.15) is 52.5 Å². The van der Waals surface area contributed by atoms with Gasteiger partial charge in [0.25, 0.3) is 0 Å². The summed E-state index contributed by atoms with van der Waals surface area (Å²) in [7, 11) is -3.75. The van der Waals surface area contributed by atoms with E-state index in [-0.39, 0.29) is 30.2 Å². The van der Waals surface area contributed by atoms with Crippen LogP contribution in [0.5, 0.6) is 0 Å². The molecule has 0 radical (unpaired) electrons. The summed E-state index contributed by atoms with van der Waals surface area (Å²) in [6, 6.07) is 7.32. The zero-order valence-electron chi connectivity index (χ0n) is 17.4. The van der Waals surface area contributed by atoms with Crippen LogP contribution in [-0.2, 0) is 27.9 Å². The van der Waals surface area contributed by atoms with Crippen molar-refractivity contribution in [2.45, 2.75) is 59.2 Å². The third kappa shape index (κ3) is 7.00. The molecule has 1 aliphatic rings. The largest absolute Gasteiger partial charge is 0.463 e. The molecule has 160 valence electrons. The number of halogens is 1. The van der Waals surface area contributed by atoms with Crippen molar-refractivity contribution in [2.75, 3.05) is 6.61 Å². The predicted molar refractivity (Wildman–Crippen MR) is 113 cm³/mol. The zero-order chi connectivity index (χ0) is 21.6. The molecule has 0 N–H and O–H groups in total. The number of esters is 1. The molecular formula is C21H28ClO6P. The summed E-state index contributed by atoms with van der Waals surface area (Å²) in [4.78, 5) is 12.0. The third-order valence-corrected chi connectivity index (χ3v) is 6.26. The van der Waals surface area contributed by atoms with Gasteiger partial charge in [-0.25, -0.2) is 4.79 Å². The quantitative estimate of drug-likeness (QED) is 0.272. The van der Waals surface area contributed by atoms with E-state index in [1.54, 1.807) is 52.8 Å². The third-order valence-electron chi connectivity index (χ3n) is 3.83. The zero-order valence-corrected chi connectivity index (χ0v) is 19.0. The first-order valence-electron chi connectivity index (χ1n) is 9.62. The van der Waals surface area contributed by atoms with Gasteiger partial charge in [0.2, 0.25) is 5.50 Å². The minimum absolute atomic E-state index is 0.0710. The highest BCUT2D eigenvalue weighted by molar-refractivity contribution is 7.58. The van der Waals surface area contributed by atoms with Gasteiger partial charge in [0.15, 0.2) is 0 Å². The lowest BCUT2D eigenvalue weighted by Crippen LogP contribution is -2.16. The molecule has 0 aromatic heterocycles. The van der Waals surface area contributed by atoms with Crippen molar-refractivity contribution in [3.05, 3.63) is 58.3 Å². The summed E-state index contributed by atoms with van der Waals surface area (Å²) >= 11 is 6.00. The molecule has 8 heteroatoms. The fourth-order valence-corrected chi connectivity index (χ4v) is 4.90. The molecule has 0 aliphatic carbocycles. The van der Waals surface area contributed by atoms with Gasteiger partial charge < -0.3 is 18.5 Å². The van der Waals surface area contributed by atoms with Crippen LogP contribution >= 0.6 is 19.2 Å². The second kappa shape index (κ2) is 10.4. The van der Waals surface area contributed by atoms with Crippen LogP contribution in [0, 0.1) is 0 Å². The summed E-state index contributed by atoms with van der Waals surface area (Å²) in [5, 5.41) is 0.615. The number of carbonyl (C=O) groups excluding carboxylic acids is 1. The molecule has 1 aliphatic heterocycles. The number of ether oxygens (including phenoxy) is 2. The van der Waals surface area contributed by atoms with Gasteiger partial charge in [0.1, 0.15) is 5.76 Å². The number of allylic oxidation sites excluding steroid dienone is 2. The van der Waals surface area contributed by atoms with Crippen molar-refractivity contribution >= 4 is 25.2 Å². The molecule has 0 fully saturated rings. The fourth-order valence-electron chi connectivity index (χ4n) is 2.82. The van der Waals surface area contributed by atoms with Gasteiger partial charge in [-0.2, -0.15) is 0 Å². The van der Waals surface area contributed by atoms with Gasteiger partial charge in [-0.05, 0) is 58.4 Å². The first kappa shape index (κ1) is 23.7. The standard InChI is InChI=1S/C21H28ClO6P/c1-6-25-20(23)13-19-11-17(16-7-9-18(22)10-8-16)12-21(26-19)29(24,27-14(2)3)28-15(4)5/h7-10,12-15,17H,6,11H2,1-5H3/b19-13+. The van der Waals surface area contributed by atoms with Gasteiger partial charge in [-0.15, -0.1) is 0 Å². The van der Waals surface area contributed by atoms with Gasteiger partial charge in [-0.3, -0.25) is 4.57 Å². The number of carbonyl (C=O) groups is 1. The topological polar surface area (TPSA) is 71.1 Å². The second-order valence-corrected chi connectivity index (χ2v) is 9.43. The lowest BCUT2D eigenvalue weighted by molar-refractivity contribution is -0.137. The van der Waals surface area contributed by atoms with Crippen molar-refractivity contribution in [2.24, 2.45) is 0 Å².